The maximum absolute atomic E-state index is 12.5. The van der Waals surface area contributed by atoms with Gasteiger partial charge in [-0.25, -0.2) is 0 Å². The molecule has 108 valence electrons. The van der Waals surface area contributed by atoms with Crippen LogP contribution in [0.4, 0.5) is 0 Å². The fraction of sp³-hybridized carbons (Fsp3) is 0.533. The van der Waals surface area contributed by atoms with E-state index in [1.165, 1.54) is 0 Å². The molecule has 0 N–H and O–H groups in total. The normalized spacial score (nSPS) is 20.0. The summed E-state index contributed by atoms with van der Waals surface area (Å²) >= 11 is 6.13. The number of carbonyl (C=O) groups is 1. The molecular weight excluding hydrogens is 278 g/mol. The van der Waals surface area contributed by atoms with Crippen LogP contribution in [0.1, 0.15) is 30.1 Å². The van der Waals surface area contributed by atoms with Gasteiger partial charge in [0.1, 0.15) is 0 Å². The van der Waals surface area contributed by atoms with E-state index in [1.54, 1.807) is 18.2 Å². The van der Waals surface area contributed by atoms with E-state index in [9.17, 15) is 4.79 Å². The van der Waals surface area contributed by atoms with Gasteiger partial charge in [-0.2, -0.15) is 0 Å². The molecule has 0 aromatic heterocycles. The lowest BCUT2D eigenvalue weighted by Gasteiger charge is -2.33. The van der Waals surface area contributed by atoms with E-state index in [0.29, 0.717) is 23.0 Å². The molecular formula is C15H18ClNO3. The number of nitrogens with zero attached hydrogens (tertiary/aromatic N) is 1. The summed E-state index contributed by atoms with van der Waals surface area (Å²) in [7, 11) is 0. The first-order valence-electron chi connectivity index (χ1n) is 6.98. The number of ether oxygens (including phenoxy) is 2. The number of alkyl halides is 1. The molecule has 4 nitrogen and oxygen atoms in total. The molecule has 5 heteroatoms. The number of hydrogen-bond donors (Lipinski definition) is 0. The van der Waals surface area contributed by atoms with Crippen molar-refractivity contribution in [2.75, 3.05) is 19.9 Å². The van der Waals surface area contributed by atoms with E-state index < -0.39 is 0 Å². The number of hydrogen-bond acceptors (Lipinski definition) is 3. The first-order chi connectivity index (χ1) is 9.65. The molecule has 2 heterocycles. The topological polar surface area (TPSA) is 38.8 Å². The quantitative estimate of drug-likeness (QED) is 0.788. The van der Waals surface area contributed by atoms with Crippen LogP contribution in [0.3, 0.4) is 0 Å². The Bertz CT molecular complexity index is 510. The van der Waals surface area contributed by atoms with Gasteiger partial charge in [-0.3, -0.25) is 4.79 Å². The van der Waals surface area contributed by atoms with Gasteiger partial charge < -0.3 is 14.4 Å². The molecule has 0 spiro atoms. The average Bonchev–Trinajstić information content (AvgIpc) is 2.94. The molecule has 1 aromatic carbocycles. The number of benzene rings is 1. The van der Waals surface area contributed by atoms with Crippen molar-refractivity contribution in [2.24, 2.45) is 5.92 Å². The maximum atomic E-state index is 12.5. The second kappa shape index (κ2) is 5.52. The van der Waals surface area contributed by atoms with Crippen molar-refractivity contribution in [3.63, 3.8) is 0 Å². The highest BCUT2D eigenvalue weighted by atomic mass is 35.5. The van der Waals surface area contributed by atoms with E-state index in [0.717, 1.165) is 25.9 Å². The van der Waals surface area contributed by atoms with Gasteiger partial charge in [-0.05, 0) is 43.9 Å². The Hall–Kier alpha value is -1.42. The van der Waals surface area contributed by atoms with E-state index in [-0.39, 0.29) is 18.1 Å². The van der Waals surface area contributed by atoms with Gasteiger partial charge in [0.15, 0.2) is 11.5 Å². The van der Waals surface area contributed by atoms with Crippen molar-refractivity contribution in [2.45, 2.75) is 25.1 Å². The van der Waals surface area contributed by atoms with Crippen LogP contribution < -0.4 is 9.47 Å². The third-order valence-electron chi connectivity index (χ3n) is 4.10. The summed E-state index contributed by atoms with van der Waals surface area (Å²) < 4.78 is 10.6. The summed E-state index contributed by atoms with van der Waals surface area (Å²) in [6.07, 6.45) is 1.95. The second-order valence-electron chi connectivity index (χ2n) is 5.38. The smallest absolute Gasteiger partial charge is 0.253 e. The fourth-order valence-electron chi connectivity index (χ4n) is 2.77. The Morgan fingerprint density at radius 1 is 1.30 bits per heavy atom. The minimum Gasteiger partial charge on any atom is -0.454 e. The van der Waals surface area contributed by atoms with Crippen molar-refractivity contribution >= 4 is 17.5 Å². The molecule has 1 amide bonds. The van der Waals surface area contributed by atoms with Crippen LogP contribution in [0.2, 0.25) is 0 Å². The fourth-order valence-corrected chi connectivity index (χ4v) is 3.03. The number of rotatable bonds is 2. The third-order valence-corrected chi connectivity index (χ3v) is 4.45. The Morgan fingerprint density at radius 3 is 2.70 bits per heavy atom. The molecule has 2 aliphatic rings. The minimum atomic E-state index is 0.0592. The summed E-state index contributed by atoms with van der Waals surface area (Å²) in [5.74, 6) is 1.93. The molecule has 2 aliphatic heterocycles. The SMILES string of the molecule is CC(Cl)C1CCN(C(=O)c2ccc3c(c2)OCO3)CC1. The van der Waals surface area contributed by atoms with Crippen LogP contribution in [0.15, 0.2) is 18.2 Å². The van der Waals surface area contributed by atoms with E-state index >= 15 is 0 Å². The Balaban J connectivity index is 1.68. The van der Waals surface area contributed by atoms with Crippen LogP contribution in [0, 0.1) is 5.92 Å². The van der Waals surface area contributed by atoms with Gasteiger partial charge in [0.25, 0.3) is 5.91 Å². The van der Waals surface area contributed by atoms with Gasteiger partial charge in [-0.1, -0.05) is 0 Å². The number of halogens is 1. The van der Waals surface area contributed by atoms with Gasteiger partial charge >= 0.3 is 0 Å². The summed E-state index contributed by atoms with van der Waals surface area (Å²) in [4.78, 5) is 14.4. The van der Waals surface area contributed by atoms with Crippen molar-refractivity contribution < 1.29 is 14.3 Å². The predicted octanol–water partition coefficient (Wildman–Crippen LogP) is 2.89. The highest BCUT2D eigenvalue weighted by Gasteiger charge is 2.27. The van der Waals surface area contributed by atoms with Gasteiger partial charge in [0.05, 0.1) is 0 Å². The summed E-state index contributed by atoms with van der Waals surface area (Å²) in [5.41, 5.74) is 0.659. The molecule has 1 atom stereocenters. The predicted molar refractivity (Wildman–Crippen MR) is 76.5 cm³/mol. The monoisotopic (exact) mass is 295 g/mol. The number of piperidine rings is 1. The van der Waals surface area contributed by atoms with E-state index in [4.69, 9.17) is 21.1 Å². The molecule has 0 radical (unpaired) electrons. The minimum absolute atomic E-state index is 0.0592. The van der Waals surface area contributed by atoms with Gasteiger partial charge in [0, 0.05) is 24.0 Å². The first kappa shape index (κ1) is 13.6. The number of amides is 1. The lowest BCUT2D eigenvalue weighted by molar-refractivity contribution is 0.0689. The van der Waals surface area contributed by atoms with Crippen molar-refractivity contribution in [3.8, 4) is 11.5 Å². The Labute approximate surface area is 123 Å². The van der Waals surface area contributed by atoms with Gasteiger partial charge in [-0.15, -0.1) is 11.6 Å². The first-order valence-corrected chi connectivity index (χ1v) is 7.42. The molecule has 3 rings (SSSR count). The molecule has 1 saturated heterocycles. The van der Waals surface area contributed by atoms with Crippen LogP contribution >= 0.6 is 11.6 Å². The zero-order chi connectivity index (χ0) is 14.1. The summed E-state index contributed by atoms with van der Waals surface area (Å²) in [6.45, 7) is 3.80. The zero-order valence-electron chi connectivity index (χ0n) is 11.5. The van der Waals surface area contributed by atoms with Crippen LogP contribution in [0.25, 0.3) is 0 Å². The van der Waals surface area contributed by atoms with Crippen molar-refractivity contribution in [1.29, 1.82) is 0 Å². The van der Waals surface area contributed by atoms with E-state index in [2.05, 4.69) is 0 Å². The lowest BCUT2D eigenvalue weighted by Crippen LogP contribution is -2.40. The number of carbonyl (C=O) groups excluding carboxylic acids is 1. The molecule has 0 bridgehead atoms. The molecule has 0 aliphatic carbocycles. The Morgan fingerprint density at radius 2 is 2.00 bits per heavy atom. The molecule has 0 saturated carbocycles. The zero-order valence-corrected chi connectivity index (χ0v) is 12.2. The average molecular weight is 296 g/mol. The molecule has 20 heavy (non-hydrogen) atoms. The molecule has 1 fully saturated rings. The largest absolute Gasteiger partial charge is 0.454 e. The molecule has 1 unspecified atom stereocenters. The van der Waals surface area contributed by atoms with Crippen LogP contribution in [-0.2, 0) is 0 Å². The lowest BCUT2D eigenvalue weighted by atomic mass is 9.93. The van der Waals surface area contributed by atoms with Crippen molar-refractivity contribution in [1.82, 2.24) is 4.90 Å². The van der Waals surface area contributed by atoms with Crippen LogP contribution in [-0.4, -0.2) is 36.1 Å². The number of likely N-dealkylation sites (tertiary alicyclic amines) is 1. The standard InChI is InChI=1S/C15H18ClNO3/c1-10(16)11-4-6-17(7-5-11)15(18)12-2-3-13-14(8-12)20-9-19-13/h2-3,8,10-11H,4-7,9H2,1H3. The summed E-state index contributed by atoms with van der Waals surface area (Å²) in [6, 6.07) is 5.36. The Kier molecular flexibility index (Phi) is 3.74. The highest BCUT2D eigenvalue weighted by Crippen LogP contribution is 2.33. The van der Waals surface area contributed by atoms with Crippen LogP contribution in [0.5, 0.6) is 11.5 Å². The highest BCUT2D eigenvalue weighted by molar-refractivity contribution is 6.20. The second-order valence-corrected chi connectivity index (χ2v) is 6.06. The summed E-state index contributed by atoms with van der Waals surface area (Å²) in [5, 5.41) is 0.179. The van der Waals surface area contributed by atoms with E-state index in [1.807, 2.05) is 11.8 Å². The molecule has 1 aromatic rings. The van der Waals surface area contributed by atoms with Crippen molar-refractivity contribution in [3.05, 3.63) is 23.8 Å². The number of fused-ring (bicyclic) bond motifs is 1. The third kappa shape index (κ3) is 2.57. The maximum Gasteiger partial charge on any atom is 0.253 e. The van der Waals surface area contributed by atoms with Gasteiger partial charge in [0.2, 0.25) is 6.79 Å².